The van der Waals surface area contributed by atoms with Crippen molar-refractivity contribution in [3.05, 3.63) is 29.1 Å². The smallest absolute Gasteiger partial charge is 0.317 e. The predicted octanol–water partition coefficient (Wildman–Crippen LogP) is 2.86. The van der Waals surface area contributed by atoms with Gasteiger partial charge in [-0.15, -0.1) is 0 Å². The molecule has 0 atom stereocenters. The molecule has 1 aliphatic carbocycles. The third-order valence-electron chi connectivity index (χ3n) is 5.44. The van der Waals surface area contributed by atoms with Crippen molar-refractivity contribution in [1.82, 2.24) is 20.1 Å². The van der Waals surface area contributed by atoms with Crippen LogP contribution in [0.3, 0.4) is 0 Å². The zero-order chi connectivity index (χ0) is 16.9. The number of amides is 2. The van der Waals surface area contributed by atoms with Crippen LogP contribution in [-0.4, -0.2) is 53.0 Å². The number of rotatable bonds is 3. The molecule has 1 aromatic heterocycles. The summed E-state index contributed by atoms with van der Waals surface area (Å²) in [5.41, 5.74) is 3.30. The zero-order valence-corrected chi connectivity index (χ0v) is 15.1. The number of hydrogen-bond acceptors (Lipinski definition) is 3. The Morgan fingerprint density at radius 3 is 2.71 bits per heavy atom. The monoisotopic (exact) mass is 330 g/mol. The molecule has 0 bridgehead atoms. The standard InChI is InChI=1S/C19H30N4O/c1-15-12-16(2)20-13-17(15)14-21-19(24)23-9-5-8-22(10-11-23)18-6-3-4-7-18/h12-13,18H,3-11,14H2,1-2H3,(H,21,24). The van der Waals surface area contributed by atoms with Gasteiger partial charge in [-0.25, -0.2) is 4.79 Å². The van der Waals surface area contributed by atoms with Crippen LogP contribution in [-0.2, 0) is 6.54 Å². The van der Waals surface area contributed by atoms with E-state index < -0.39 is 0 Å². The highest BCUT2D eigenvalue weighted by molar-refractivity contribution is 5.74. The van der Waals surface area contributed by atoms with Gasteiger partial charge in [-0.1, -0.05) is 12.8 Å². The van der Waals surface area contributed by atoms with Gasteiger partial charge in [0.15, 0.2) is 0 Å². The second-order valence-corrected chi connectivity index (χ2v) is 7.23. The van der Waals surface area contributed by atoms with E-state index >= 15 is 0 Å². The van der Waals surface area contributed by atoms with Crippen LogP contribution >= 0.6 is 0 Å². The Kier molecular flexibility index (Phi) is 5.72. The molecule has 1 N–H and O–H groups in total. The highest BCUT2D eigenvalue weighted by Crippen LogP contribution is 2.24. The van der Waals surface area contributed by atoms with E-state index in [4.69, 9.17) is 0 Å². The minimum Gasteiger partial charge on any atom is -0.334 e. The molecule has 5 heteroatoms. The molecule has 2 fully saturated rings. The minimum atomic E-state index is 0.0586. The molecular weight excluding hydrogens is 300 g/mol. The fraction of sp³-hybridized carbons (Fsp3) is 0.684. The van der Waals surface area contributed by atoms with Crippen LogP contribution in [0.15, 0.2) is 12.3 Å². The number of nitrogens with one attached hydrogen (secondary N) is 1. The molecule has 2 amide bonds. The van der Waals surface area contributed by atoms with Crippen molar-refractivity contribution in [1.29, 1.82) is 0 Å². The molecule has 1 saturated carbocycles. The zero-order valence-electron chi connectivity index (χ0n) is 15.1. The average Bonchev–Trinajstić information content (AvgIpc) is 2.98. The lowest BCUT2D eigenvalue weighted by molar-refractivity contribution is 0.187. The molecule has 0 unspecified atom stereocenters. The summed E-state index contributed by atoms with van der Waals surface area (Å²) in [6.45, 7) is 8.47. The fourth-order valence-electron chi connectivity index (χ4n) is 3.97. The van der Waals surface area contributed by atoms with E-state index in [9.17, 15) is 4.79 Å². The lowest BCUT2D eigenvalue weighted by Gasteiger charge is -2.27. The molecule has 2 heterocycles. The Bertz CT molecular complexity index is 568. The van der Waals surface area contributed by atoms with Crippen molar-refractivity contribution in [2.75, 3.05) is 26.2 Å². The quantitative estimate of drug-likeness (QED) is 0.927. The molecule has 1 saturated heterocycles. The van der Waals surface area contributed by atoms with Gasteiger partial charge in [-0.3, -0.25) is 9.88 Å². The van der Waals surface area contributed by atoms with Crippen molar-refractivity contribution < 1.29 is 4.79 Å². The minimum absolute atomic E-state index is 0.0586. The second kappa shape index (κ2) is 7.97. The van der Waals surface area contributed by atoms with Gasteiger partial charge in [0, 0.05) is 50.7 Å². The van der Waals surface area contributed by atoms with Gasteiger partial charge in [0.2, 0.25) is 0 Å². The number of pyridine rings is 1. The Balaban J connectivity index is 1.49. The largest absolute Gasteiger partial charge is 0.334 e. The number of nitrogens with zero attached hydrogens (tertiary/aromatic N) is 3. The molecule has 0 aromatic carbocycles. The van der Waals surface area contributed by atoms with Crippen LogP contribution in [0.1, 0.15) is 48.9 Å². The molecule has 24 heavy (non-hydrogen) atoms. The van der Waals surface area contributed by atoms with E-state index in [1.54, 1.807) is 0 Å². The van der Waals surface area contributed by atoms with Crippen molar-refractivity contribution in [2.24, 2.45) is 0 Å². The third-order valence-corrected chi connectivity index (χ3v) is 5.44. The molecule has 0 radical (unpaired) electrons. The van der Waals surface area contributed by atoms with E-state index in [-0.39, 0.29) is 6.03 Å². The van der Waals surface area contributed by atoms with Gasteiger partial charge in [0.1, 0.15) is 0 Å². The highest BCUT2D eigenvalue weighted by Gasteiger charge is 2.26. The number of carbonyl (C=O) groups excluding carboxylic acids is 1. The molecule has 0 spiro atoms. The van der Waals surface area contributed by atoms with Gasteiger partial charge < -0.3 is 10.2 Å². The van der Waals surface area contributed by atoms with Crippen LogP contribution in [0.4, 0.5) is 4.79 Å². The predicted molar refractivity (Wildman–Crippen MR) is 96.0 cm³/mol. The first-order valence-electron chi connectivity index (χ1n) is 9.32. The van der Waals surface area contributed by atoms with Gasteiger partial charge >= 0.3 is 6.03 Å². The van der Waals surface area contributed by atoms with E-state index in [2.05, 4.69) is 28.2 Å². The van der Waals surface area contributed by atoms with Crippen molar-refractivity contribution >= 4 is 6.03 Å². The van der Waals surface area contributed by atoms with E-state index in [0.717, 1.165) is 49.9 Å². The summed E-state index contributed by atoms with van der Waals surface area (Å²) in [6.07, 6.45) is 8.37. The molecule has 2 aliphatic rings. The highest BCUT2D eigenvalue weighted by atomic mass is 16.2. The lowest BCUT2D eigenvalue weighted by atomic mass is 10.1. The Hall–Kier alpha value is -1.62. The Morgan fingerprint density at radius 2 is 1.96 bits per heavy atom. The number of hydrogen-bond donors (Lipinski definition) is 1. The first-order chi connectivity index (χ1) is 11.6. The van der Waals surface area contributed by atoms with Crippen LogP contribution < -0.4 is 5.32 Å². The summed E-state index contributed by atoms with van der Waals surface area (Å²) in [5, 5.41) is 3.07. The Morgan fingerprint density at radius 1 is 1.17 bits per heavy atom. The molecule has 1 aromatic rings. The normalized spacial score (nSPS) is 20.2. The van der Waals surface area contributed by atoms with Crippen molar-refractivity contribution in [3.8, 4) is 0 Å². The van der Waals surface area contributed by atoms with Crippen LogP contribution in [0.2, 0.25) is 0 Å². The molecule has 5 nitrogen and oxygen atoms in total. The average molecular weight is 330 g/mol. The van der Waals surface area contributed by atoms with Crippen molar-refractivity contribution in [2.45, 2.75) is 58.5 Å². The van der Waals surface area contributed by atoms with E-state index in [1.807, 2.05) is 18.0 Å². The Labute approximate surface area is 145 Å². The summed E-state index contributed by atoms with van der Waals surface area (Å²) >= 11 is 0. The van der Waals surface area contributed by atoms with Crippen molar-refractivity contribution in [3.63, 3.8) is 0 Å². The number of aromatic nitrogens is 1. The third kappa shape index (κ3) is 4.26. The summed E-state index contributed by atoms with van der Waals surface area (Å²) in [4.78, 5) is 21.4. The van der Waals surface area contributed by atoms with Crippen LogP contribution in [0, 0.1) is 13.8 Å². The molecule has 3 rings (SSSR count). The number of aryl methyl sites for hydroxylation is 2. The molecule has 1 aliphatic heterocycles. The second-order valence-electron chi connectivity index (χ2n) is 7.23. The molecular formula is C19H30N4O. The SMILES string of the molecule is Cc1cc(C)c(CNC(=O)N2CCCN(C3CCCC3)CC2)cn1. The summed E-state index contributed by atoms with van der Waals surface area (Å²) in [5.74, 6) is 0. The van der Waals surface area contributed by atoms with Crippen LogP contribution in [0.5, 0.6) is 0 Å². The first-order valence-corrected chi connectivity index (χ1v) is 9.32. The molecule has 132 valence electrons. The van der Waals surface area contributed by atoms with Gasteiger partial charge in [-0.05, 0) is 50.3 Å². The fourth-order valence-corrected chi connectivity index (χ4v) is 3.97. The summed E-state index contributed by atoms with van der Waals surface area (Å²) in [7, 11) is 0. The maximum absolute atomic E-state index is 12.5. The van der Waals surface area contributed by atoms with E-state index in [0.29, 0.717) is 6.54 Å². The topological polar surface area (TPSA) is 48.5 Å². The lowest BCUT2D eigenvalue weighted by Crippen LogP contribution is -2.42. The number of urea groups is 1. The maximum atomic E-state index is 12.5. The van der Waals surface area contributed by atoms with Gasteiger partial charge in [0.05, 0.1) is 0 Å². The summed E-state index contributed by atoms with van der Waals surface area (Å²) in [6, 6.07) is 2.88. The number of carbonyl (C=O) groups is 1. The van der Waals surface area contributed by atoms with Gasteiger partial charge in [0.25, 0.3) is 0 Å². The van der Waals surface area contributed by atoms with Crippen LogP contribution in [0.25, 0.3) is 0 Å². The summed E-state index contributed by atoms with van der Waals surface area (Å²) < 4.78 is 0. The van der Waals surface area contributed by atoms with Gasteiger partial charge in [-0.2, -0.15) is 0 Å². The van der Waals surface area contributed by atoms with E-state index in [1.165, 1.54) is 31.2 Å². The maximum Gasteiger partial charge on any atom is 0.317 e. The first kappa shape index (κ1) is 17.2.